The number of halogens is 1. The van der Waals surface area contributed by atoms with Gasteiger partial charge >= 0.3 is 0 Å². The van der Waals surface area contributed by atoms with Gasteiger partial charge in [-0.1, -0.05) is 27.2 Å². The molecule has 1 aromatic rings. The van der Waals surface area contributed by atoms with Gasteiger partial charge in [0.15, 0.2) is 0 Å². The number of hydrogen-bond acceptors (Lipinski definition) is 2. The van der Waals surface area contributed by atoms with Crippen LogP contribution in [0.2, 0.25) is 0 Å². The van der Waals surface area contributed by atoms with Crippen molar-refractivity contribution in [3.8, 4) is 0 Å². The molecule has 1 N–H and O–H groups in total. The van der Waals surface area contributed by atoms with Gasteiger partial charge in [0.1, 0.15) is 10.3 Å². The van der Waals surface area contributed by atoms with Gasteiger partial charge in [0, 0.05) is 5.92 Å². The van der Waals surface area contributed by atoms with Crippen molar-refractivity contribution >= 4 is 15.9 Å². The van der Waals surface area contributed by atoms with Gasteiger partial charge in [-0.05, 0) is 34.2 Å². The minimum absolute atomic E-state index is 0.0452. The summed E-state index contributed by atoms with van der Waals surface area (Å²) >= 11 is 3.31. The molecule has 2 rings (SSSR count). The molecule has 1 heterocycles. The molecule has 0 spiro atoms. The fourth-order valence-electron chi connectivity index (χ4n) is 2.03. The Hall–Kier alpha value is -0.640. The van der Waals surface area contributed by atoms with E-state index in [1.165, 1.54) is 0 Å². The highest BCUT2D eigenvalue weighted by Crippen LogP contribution is 2.57. The number of hydrogen-bond donors (Lipinski definition) is 1. The lowest BCUT2D eigenvalue weighted by Gasteiger charge is -2.07. The molecule has 88 valence electrons. The second-order valence-corrected chi connectivity index (χ2v) is 6.00. The molecular formula is C12H17BrN2O. The van der Waals surface area contributed by atoms with Crippen molar-refractivity contribution in [3.05, 3.63) is 26.3 Å². The molecule has 0 bridgehead atoms. The average Bonchev–Trinajstić information content (AvgIpc) is 2.83. The van der Waals surface area contributed by atoms with E-state index in [4.69, 9.17) is 0 Å². The summed E-state index contributed by atoms with van der Waals surface area (Å²) in [6.07, 6.45) is 2.97. The largest absolute Gasteiger partial charge is 0.309 e. The van der Waals surface area contributed by atoms with Gasteiger partial charge in [0.05, 0.1) is 5.69 Å². The second-order valence-electron chi connectivity index (χ2n) is 5.21. The number of rotatable bonds is 3. The summed E-state index contributed by atoms with van der Waals surface area (Å²) in [4.78, 5) is 19.2. The SMILES string of the molecule is CCCc1nc(C2CC2(C)C)[nH]c(=O)c1Br. The highest BCUT2D eigenvalue weighted by molar-refractivity contribution is 9.10. The highest BCUT2D eigenvalue weighted by atomic mass is 79.9. The van der Waals surface area contributed by atoms with E-state index in [1.807, 2.05) is 0 Å². The van der Waals surface area contributed by atoms with Crippen LogP contribution in [0, 0.1) is 5.41 Å². The standard InChI is InChI=1S/C12H17BrN2O/c1-4-5-8-9(13)11(16)15-10(14-8)7-6-12(7,2)3/h7H,4-6H2,1-3H3,(H,14,15,16). The predicted molar refractivity (Wildman–Crippen MR) is 67.7 cm³/mol. The first-order chi connectivity index (χ1) is 7.45. The zero-order valence-corrected chi connectivity index (χ0v) is 11.5. The second kappa shape index (κ2) is 3.99. The summed E-state index contributed by atoms with van der Waals surface area (Å²) < 4.78 is 0.594. The molecule has 0 saturated heterocycles. The molecule has 16 heavy (non-hydrogen) atoms. The lowest BCUT2D eigenvalue weighted by Crippen LogP contribution is -2.16. The van der Waals surface area contributed by atoms with E-state index in [2.05, 4.69) is 46.7 Å². The quantitative estimate of drug-likeness (QED) is 0.928. The third-order valence-electron chi connectivity index (χ3n) is 3.28. The van der Waals surface area contributed by atoms with E-state index in [-0.39, 0.29) is 5.56 Å². The Morgan fingerprint density at radius 1 is 1.56 bits per heavy atom. The van der Waals surface area contributed by atoms with E-state index in [1.54, 1.807) is 0 Å². The van der Waals surface area contributed by atoms with Crippen molar-refractivity contribution in [1.29, 1.82) is 0 Å². The molecule has 1 fully saturated rings. The third-order valence-corrected chi connectivity index (χ3v) is 4.10. The normalized spacial score (nSPS) is 22.1. The molecule has 3 nitrogen and oxygen atoms in total. The van der Waals surface area contributed by atoms with Gasteiger partial charge in [-0.25, -0.2) is 4.98 Å². The van der Waals surface area contributed by atoms with Crippen molar-refractivity contribution in [2.24, 2.45) is 5.41 Å². The first-order valence-corrected chi connectivity index (χ1v) is 6.53. The van der Waals surface area contributed by atoms with Crippen LogP contribution in [0.25, 0.3) is 0 Å². The average molecular weight is 285 g/mol. The Labute approximate surface area is 104 Å². The van der Waals surface area contributed by atoms with Crippen molar-refractivity contribution in [2.75, 3.05) is 0 Å². The molecule has 0 radical (unpaired) electrons. The maximum atomic E-state index is 11.7. The minimum atomic E-state index is -0.0452. The van der Waals surface area contributed by atoms with Gasteiger partial charge in [-0.3, -0.25) is 4.79 Å². The molecule has 1 aliphatic rings. The summed E-state index contributed by atoms with van der Waals surface area (Å²) in [6.45, 7) is 6.51. The molecule has 4 heteroatoms. The molecule has 0 aromatic carbocycles. The van der Waals surface area contributed by atoms with Crippen LogP contribution in [0.5, 0.6) is 0 Å². The van der Waals surface area contributed by atoms with Crippen LogP contribution in [0.4, 0.5) is 0 Å². The summed E-state index contributed by atoms with van der Waals surface area (Å²) in [5.74, 6) is 1.28. The fraction of sp³-hybridized carbons (Fsp3) is 0.667. The predicted octanol–water partition coefficient (Wildman–Crippen LogP) is 3.00. The maximum absolute atomic E-state index is 11.7. The van der Waals surface area contributed by atoms with Crippen LogP contribution in [0.15, 0.2) is 9.27 Å². The van der Waals surface area contributed by atoms with E-state index >= 15 is 0 Å². The molecule has 1 atom stereocenters. The van der Waals surface area contributed by atoms with Crippen LogP contribution in [0.3, 0.4) is 0 Å². The Bertz CT molecular complexity index is 465. The zero-order valence-electron chi connectivity index (χ0n) is 9.93. The molecule has 1 aromatic heterocycles. The van der Waals surface area contributed by atoms with Gasteiger partial charge in [-0.15, -0.1) is 0 Å². The molecule has 1 unspecified atom stereocenters. The molecule has 1 saturated carbocycles. The highest BCUT2D eigenvalue weighted by Gasteiger charge is 2.48. The number of aromatic amines is 1. The van der Waals surface area contributed by atoms with Crippen LogP contribution in [0.1, 0.15) is 51.0 Å². The monoisotopic (exact) mass is 284 g/mol. The van der Waals surface area contributed by atoms with Crippen LogP contribution in [-0.2, 0) is 6.42 Å². The Kier molecular flexibility index (Phi) is 2.95. The third kappa shape index (κ3) is 2.08. The first kappa shape index (κ1) is 11.8. The Morgan fingerprint density at radius 3 is 2.69 bits per heavy atom. The topological polar surface area (TPSA) is 45.8 Å². The number of aromatic nitrogens is 2. The molecular weight excluding hydrogens is 268 g/mol. The van der Waals surface area contributed by atoms with E-state index in [9.17, 15) is 4.79 Å². The van der Waals surface area contributed by atoms with E-state index in [0.717, 1.165) is 30.8 Å². The van der Waals surface area contributed by atoms with Gasteiger partial charge < -0.3 is 4.98 Å². The van der Waals surface area contributed by atoms with Crippen LogP contribution in [-0.4, -0.2) is 9.97 Å². The number of nitrogens with one attached hydrogen (secondary N) is 1. The Balaban J connectivity index is 2.38. The first-order valence-electron chi connectivity index (χ1n) is 5.74. The lowest BCUT2D eigenvalue weighted by molar-refractivity contribution is 0.604. The van der Waals surface area contributed by atoms with Gasteiger partial charge in [0.2, 0.25) is 0 Å². The smallest absolute Gasteiger partial charge is 0.265 e. The minimum Gasteiger partial charge on any atom is -0.309 e. The maximum Gasteiger partial charge on any atom is 0.265 e. The van der Waals surface area contributed by atoms with Gasteiger partial charge in [0.25, 0.3) is 5.56 Å². The van der Waals surface area contributed by atoms with Crippen LogP contribution >= 0.6 is 15.9 Å². The number of aryl methyl sites for hydroxylation is 1. The Morgan fingerprint density at radius 2 is 2.19 bits per heavy atom. The molecule has 0 aliphatic heterocycles. The molecule has 0 amide bonds. The van der Waals surface area contributed by atoms with E-state index < -0.39 is 0 Å². The number of H-pyrrole nitrogens is 1. The summed E-state index contributed by atoms with van der Waals surface area (Å²) in [5, 5.41) is 0. The molecule has 1 aliphatic carbocycles. The van der Waals surface area contributed by atoms with Crippen LogP contribution < -0.4 is 5.56 Å². The number of nitrogens with zero attached hydrogens (tertiary/aromatic N) is 1. The lowest BCUT2D eigenvalue weighted by atomic mass is 10.1. The van der Waals surface area contributed by atoms with Crippen molar-refractivity contribution in [2.45, 2.75) is 46.0 Å². The summed E-state index contributed by atoms with van der Waals surface area (Å²) in [5.41, 5.74) is 1.15. The van der Waals surface area contributed by atoms with Crippen molar-refractivity contribution in [1.82, 2.24) is 9.97 Å². The van der Waals surface area contributed by atoms with Gasteiger partial charge in [-0.2, -0.15) is 0 Å². The summed E-state index contributed by atoms with van der Waals surface area (Å²) in [6, 6.07) is 0. The fourth-order valence-corrected chi connectivity index (χ4v) is 2.41. The van der Waals surface area contributed by atoms with Crippen molar-refractivity contribution < 1.29 is 0 Å². The van der Waals surface area contributed by atoms with Crippen molar-refractivity contribution in [3.63, 3.8) is 0 Å². The summed E-state index contributed by atoms with van der Waals surface area (Å²) in [7, 11) is 0. The zero-order chi connectivity index (χ0) is 11.9. The van der Waals surface area contributed by atoms with E-state index in [0.29, 0.717) is 15.8 Å².